The van der Waals surface area contributed by atoms with E-state index in [1.807, 2.05) is 0 Å². The third-order valence-electron chi connectivity index (χ3n) is 4.38. The molecule has 0 aromatic carbocycles. The van der Waals surface area contributed by atoms with Crippen LogP contribution in [0.2, 0.25) is 0 Å². The predicted octanol–water partition coefficient (Wildman–Crippen LogP) is 1.15. The Bertz CT molecular complexity index is 248. The van der Waals surface area contributed by atoms with E-state index in [0.29, 0.717) is 0 Å². The van der Waals surface area contributed by atoms with E-state index >= 15 is 0 Å². The standard InChI is InChI=1S/C15H33N3O/c1-5-16-15(2,13-19)9-6-7-10-18-11-8-14(12-18)17(3)4/h14,16,19H,5-13H2,1-4H3. The predicted molar refractivity (Wildman–Crippen MR) is 81.6 cm³/mol. The van der Waals surface area contributed by atoms with Crippen molar-refractivity contribution in [1.82, 2.24) is 15.1 Å². The Morgan fingerprint density at radius 2 is 2.11 bits per heavy atom. The van der Waals surface area contributed by atoms with Crippen molar-refractivity contribution in [1.29, 1.82) is 0 Å². The number of aliphatic hydroxyl groups is 1. The molecule has 0 bridgehead atoms. The number of nitrogens with zero attached hydrogens (tertiary/aromatic N) is 2. The summed E-state index contributed by atoms with van der Waals surface area (Å²) in [6.07, 6.45) is 4.79. The van der Waals surface area contributed by atoms with Gasteiger partial charge in [0.1, 0.15) is 0 Å². The van der Waals surface area contributed by atoms with E-state index in [0.717, 1.165) is 19.0 Å². The van der Waals surface area contributed by atoms with Crippen LogP contribution in [0.3, 0.4) is 0 Å². The van der Waals surface area contributed by atoms with E-state index in [4.69, 9.17) is 0 Å². The zero-order valence-corrected chi connectivity index (χ0v) is 13.3. The molecule has 2 atom stereocenters. The number of aliphatic hydroxyl groups excluding tert-OH is 1. The minimum atomic E-state index is -0.0913. The Labute approximate surface area is 119 Å². The van der Waals surface area contributed by atoms with Gasteiger partial charge in [0.15, 0.2) is 0 Å². The monoisotopic (exact) mass is 271 g/mol. The number of likely N-dealkylation sites (tertiary alicyclic amines) is 1. The quantitative estimate of drug-likeness (QED) is 0.617. The van der Waals surface area contributed by atoms with E-state index in [2.05, 4.69) is 43.1 Å². The minimum absolute atomic E-state index is 0.0913. The van der Waals surface area contributed by atoms with Crippen molar-refractivity contribution >= 4 is 0 Å². The van der Waals surface area contributed by atoms with Crippen LogP contribution >= 0.6 is 0 Å². The lowest BCUT2D eigenvalue weighted by Crippen LogP contribution is -2.45. The first-order valence-electron chi connectivity index (χ1n) is 7.75. The van der Waals surface area contributed by atoms with Crippen molar-refractivity contribution in [2.45, 2.75) is 51.1 Å². The van der Waals surface area contributed by atoms with E-state index in [9.17, 15) is 5.11 Å². The summed E-state index contributed by atoms with van der Waals surface area (Å²) in [5, 5.41) is 12.8. The molecule has 0 aliphatic carbocycles. The van der Waals surface area contributed by atoms with Crippen LogP contribution in [0, 0.1) is 0 Å². The van der Waals surface area contributed by atoms with Gasteiger partial charge in [0, 0.05) is 18.1 Å². The zero-order valence-electron chi connectivity index (χ0n) is 13.3. The third-order valence-corrected chi connectivity index (χ3v) is 4.38. The maximum absolute atomic E-state index is 9.44. The summed E-state index contributed by atoms with van der Waals surface area (Å²) in [6, 6.07) is 0.740. The average molecular weight is 271 g/mol. The van der Waals surface area contributed by atoms with Gasteiger partial charge in [-0.1, -0.05) is 13.3 Å². The first-order chi connectivity index (χ1) is 9.00. The molecule has 1 saturated heterocycles. The summed E-state index contributed by atoms with van der Waals surface area (Å²) >= 11 is 0. The van der Waals surface area contributed by atoms with Crippen molar-refractivity contribution in [3.63, 3.8) is 0 Å². The molecular weight excluding hydrogens is 238 g/mol. The highest BCUT2D eigenvalue weighted by Crippen LogP contribution is 2.16. The lowest BCUT2D eigenvalue weighted by molar-refractivity contribution is 0.163. The first kappa shape index (κ1) is 16.9. The summed E-state index contributed by atoms with van der Waals surface area (Å²) in [5.74, 6) is 0. The number of hydrogen-bond donors (Lipinski definition) is 2. The summed E-state index contributed by atoms with van der Waals surface area (Å²) in [5.41, 5.74) is -0.0913. The molecule has 2 unspecified atom stereocenters. The fraction of sp³-hybridized carbons (Fsp3) is 1.00. The maximum atomic E-state index is 9.44. The molecule has 1 fully saturated rings. The van der Waals surface area contributed by atoms with E-state index in [1.165, 1.54) is 38.9 Å². The molecule has 0 amide bonds. The van der Waals surface area contributed by atoms with Crippen molar-refractivity contribution < 1.29 is 5.11 Å². The number of unbranched alkanes of at least 4 members (excludes halogenated alkanes) is 1. The molecule has 2 N–H and O–H groups in total. The second kappa shape index (κ2) is 8.20. The Morgan fingerprint density at radius 1 is 1.37 bits per heavy atom. The minimum Gasteiger partial charge on any atom is -0.394 e. The van der Waals surface area contributed by atoms with Crippen molar-refractivity contribution in [3.05, 3.63) is 0 Å². The molecule has 0 saturated carbocycles. The van der Waals surface area contributed by atoms with Crippen LogP contribution in [0.5, 0.6) is 0 Å². The topological polar surface area (TPSA) is 38.7 Å². The number of nitrogens with one attached hydrogen (secondary N) is 1. The van der Waals surface area contributed by atoms with Gasteiger partial charge in [-0.2, -0.15) is 0 Å². The Kier molecular flexibility index (Phi) is 7.29. The van der Waals surface area contributed by atoms with Gasteiger partial charge in [0.05, 0.1) is 6.61 Å². The fourth-order valence-electron chi connectivity index (χ4n) is 2.94. The van der Waals surface area contributed by atoms with E-state index in [-0.39, 0.29) is 12.1 Å². The van der Waals surface area contributed by atoms with Crippen LogP contribution in [-0.2, 0) is 0 Å². The fourth-order valence-corrected chi connectivity index (χ4v) is 2.94. The van der Waals surface area contributed by atoms with Crippen LogP contribution in [0.25, 0.3) is 0 Å². The smallest absolute Gasteiger partial charge is 0.0610 e. The van der Waals surface area contributed by atoms with Crippen LogP contribution in [0.4, 0.5) is 0 Å². The van der Waals surface area contributed by atoms with Crippen molar-refractivity contribution in [3.8, 4) is 0 Å². The largest absolute Gasteiger partial charge is 0.394 e. The number of hydrogen-bond acceptors (Lipinski definition) is 4. The second-order valence-corrected chi connectivity index (χ2v) is 6.41. The summed E-state index contributed by atoms with van der Waals surface area (Å²) < 4.78 is 0. The normalized spacial score (nSPS) is 24.0. The van der Waals surface area contributed by atoms with Crippen molar-refractivity contribution in [2.24, 2.45) is 0 Å². The highest BCUT2D eigenvalue weighted by Gasteiger charge is 2.24. The van der Waals surface area contributed by atoms with Crippen LogP contribution in [0.1, 0.15) is 39.5 Å². The molecule has 4 heteroatoms. The molecular formula is C15H33N3O. The van der Waals surface area contributed by atoms with Crippen LogP contribution < -0.4 is 5.32 Å². The van der Waals surface area contributed by atoms with E-state index in [1.54, 1.807) is 0 Å². The van der Waals surface area contributed by atoms with Gasteiger partial charge >= 0.3 is 0 Å². The van der Waals surface area contributed by atoms with Crippen molar-refractivity contribution in [2.75, 3.05) is 46.9 Å². The lowest BCUT2D eigenvalue weighted by Gasteiger charge is -2.28. The highest BCUT2D eigenvalue weighted by atomic mass is 16.3. The molecule has 4 nitrogen and oxygen atoms in total. The second-order valence-electron chi connectivity index (χ2n) is 6.41. The number of likely N-dealkylation sites (N-methyl/N-ethyl adjacent to an activating group) is 2. The molecule has 1 heterocycles. The Balaban J connectivity index is 2.14. The summed E-state index contributed by atoms with van der Waals surface area (Å²) in [4.78, 5) is 4.92. The summed E-state index contributed by atoms with van der Waals surface area (Å²) in [7, 11) is 4.36. The van der Waals surface area contributed by atoms with Gasteiger partial charge in [-0.05, 0) is 59.9 Å². The number of rotatable bonds is 9. The van der Waals surface area contributed by atoms with Gasteiger partial charge < -0.3 is 20.2 Å². The Morgan fingerprint density at radius 3 is 2.63 bits per heavy atom. The molecule has 1 aliphatic rings. The van der Waals surface area contributed by atoms with Gasteiger partial charge in [0.2, 0.25) is 0 Å². The van der Waals surface area contributed by atoms with Gasteiger partial charge in [-0.3, -0.25) is 0 Å². The van der Waals surface area contributed by atoms with Gasteiger partial charge in [-0.25, -0.2) is 0 Å². The SMILES string of the molecule is CCNC(C)(CO)CCCCN1CCC(N(C)C)C1. The summed E-state index contributed by atoms with van der Waals surface area (Å²) in [6.45, 7) is 9.04. The van der Waals surface area contributed by atoms with Gasteiger partial charge in [-0.15, -0.1) is 0 Å². The zero-order chi connectivity index (χ0) is 14.3. The molecule has 19 heavy (non-hydrogen) atoms. The molecule has 114 valence electrons. The van der Waals surface area contributed by atoms with Gasteiger partial charge in [0.25, 0.3) is 0 Å². The average Bonchev–Trinajstić information content (AvgIpc) is 2.84. The molecule has 0 aromatic heterocycles. The molecule has 0 radical (unpaired) electrons. The Hall–Kier alpha value is -0.160. The molecule has 1 aliphatic heterocycles. The first-order valence-corrected chi connectivity index (χ1v) is 7.75. The molecule has 0 aromatic rings. The molecule has 0 spiro atoms. The lowest BCUT2D eigenvalue weighted by atomic mass is 9.95. The molecule has 1 rings (SSSR count). The van der Waals surface area contributed by atoms with Crippen LogP contribution in [-0.4, -0.2) is 73.4 Å². The maximum Gasteiger partial charge on any atom is 0.0610 e. The third kappa shape index (κ3) is 5.78. The van der Waals surface area contributed by atoms with E-state index < -0.39 is 0 Å². The van der Waals surface area contributed by atoms with Crippen LogP contribution in [0.15, 0.2) is 0 Å². The highest BCUT2D eigenvalue weighted by molar-refractivity contribution is 4.83.